The first kappa shape index (κ1) is 15.0. The van der Waals surface area contributed by atoms with Gasteiger partial charge in [-0.1, -0.05) is 6.58 Å². The molecule has 1 aromatic carbocycles. The van der Waals surface area contributed by atoms with Crippen LogP contribution in [0.4, 0.5) is 15.8 Å². The SMILES string of the molecule is C=C1C(=O)N(c2ccc(N3CCOCC3)c(F)c2)C[C@@H]1CN. The molecule has 3 rings (SSSR count). The fourth-order valence-corrected chi connectivity index (χ4v) is 2.93. The zero-order valence-corrected chi connectivity index (χ0v) is 12.4. The zero-order valence-electron chi connectivity index (χ0n) is 12.4. The number of ether oxygens (including phenoxy) is 1. The van der Waals surface area contributed by atoms with Crippen molar-refractivity contribution in [2.75, 3.05) is 49.2 Å². The summed E-state index contributed by atoms with van der Waals surface area (Å²) in [6.45, 7) is 7.17. The van der Waals surface area contributed by atoms with Crippen LogP contribution in [-0.4, -0.2) is 45.3 Å². The molecule has 5 nitrogen and oxygen atoms in total. The quantitative estimate of drug-likeness (QED) is 0.851. The molecule has 0 saturated carbocycles. The van der Waals surface area contributed by atoms with Gasteiger partial charge in [-0.3, -0.25) is 4.79 Å². The van der Waals surface area contributed by atoms with Crippen LogP contribution in [0.15, 0.2) is 30.4 Å². The largest absolute Gasteiger partial charge is 0.378 e. The Balaban J connectivity index is 1.83. The second kappa shape index (κ2) is 6.06. The van der Waals surface area contributed by atoms with Crippen LogP contribution in [0, 0.1) is 11.7 Å². The molecule has 22 heavy (non-hydrogen) atoms. The molecule has 2 N–H and O–H groups in total. The maximum absolute atomic E-state index is 14.4. The van der Waals surface area contributed by atoms with Crippen LogP contribution in [0.5, 0.6) is 0 Å². The lowest BCUT2D eigenvalue weighted by molar-refractivity contribution is -0.114. The minimum Gasteiger partial charge on any atom is -0.378 e. The highest BCUT2D eigenvalue weighted by Crippen LogP contribution is 2.31. The Kier molecular flexibility index (Phi) is 4.13. The Morgan fingerprint density at radius 3 is 2.68 bits per heavy atom. The molecule has 6 heteroatoms. The van der Waals surface area contributed by atoms with Crippen LogP contribution in [0.2, 0.25) is 0 Å². The molecule has 2 heterocycles. The molecule has 1 aromatic rings. The second-order valence-corrected chi connectivity index (χ2v) is 5.61. The molecular weight excluding hydrogens is 285 g/mol. The Morgan fingerprint density at radius 1 is 1.36 bits per heavy atom. The Bertz CT molecular complexity index is 599. The molecule has 2 aliphatic heterocycles. The van der Waals surface area contributed by atoms with E-state index in [4.69, 9.17) is 10.5 Å². The van der Waals surface area contributed by atoms with Gasteiger partial charge in [-0.05, 0) is 18.2 Å². The van der Waals surface area contributed by atoms with Crippen molar-refractivity contribution in [3.63, 3.8) is 0 Å². The van der Waals surface area contributed by atoms with E-state index < -0.39 is 0 Å². The van der Waals surface area contributed by atoms with Crippen molar-refractivity contribution < 1.29 is 13.9 Å². The summed E-state index contributed by atoms with van der Waals surface area (Å²) in [5.41, 5.74) is 7.25. The average molecular weight is 305 g/mol. The van der Waals surface area contributed by atoms with E-state index in [1.165, 1.54) is 6.07 Å². The lowest BCUT2D eigenvalue weighted by atomic mass is 10.1. The predicted octanol–water partition coefficient (Wildman–Crippen LogP) is 1.14. The van der Waals surface area contributed by atoms with Crippen LogP contribution in [0.1, 0.15) is 0 Å². The first-order chi connectivity index (χ1) is 10.6. The summed E-state index contributed by atoms with van der Waals surface area (Å²) >= 11 is 0. The number of nitrogens with zero attached hydrogens (tertiary/aromatic N) is 2. The van der Waals surface area contributed by atoms with Crippen molar-refractivity contribution in [1.82, 2.24) is 0 Å². The fraction of sp³-hybridized carbons (Fsp3) is 0.438. The maximum atomic E-state index is 14.4. The van der Waals surface area contributed by atoms with Crippen LogP contribution < -0.4 is 15.5 Å². The van der Waals surface area contributed by atoms with Gasteiger partial charge in [0.15, 0.2) is 0 Å². The van der Waals surface area contributed by atoms with Crippen molar-refractivity contribution in [2.24, 2.45) is 11.7 Å². The van der Waals surface area contributed by atoms with Crippen molar-refractivity contribution in [1.29, 1.82) is 0 Å². The van der Waals surface area contributed by atoms with Crippen LogP contribution in [-0.2, 0) is 9.53 Å². The molecule has 2 aliphatic rings. The third-order valence-corrected chi connectivity index (χ3v) is 4.29. The standard InChI is InChI=1S/C16H20FN3O2/c1-11-12(9-18)10-20(16(11)21)13-2-3-15(14(17)8-13)19-4-6-22-7-5-19/h2-3,8,12H,1,4-7,9-10,18H2/t12-/m0/s1. The third-order valence-electron chi connectivity index (χ3n) is 4.29. The smallest absolute Gasteiger partial charge is 0.254 e. The molecule has 0 aliphatic carbocycles. The van der Waals surface area contributed by atoms with E-state index in [1.54, 1.807) is 17.0 Å². The highest BCUT2D eigenvalue weighted by atomic mass is 19.1. The van der Waals surface area contributed by atoms with Crippen molar-refractivity contribution >= 4 is 17.3 Å². The van der Waals surface area contributed by atoms with E-state index in [2.05, 4.69) is 6.58 Å². The number of hydrogen-bond acceptors (Lipinski definition) is 4. The Hall–Kier alpha value is -1.92. The minimum atomic E-state index is -0.325. The van der Waals surface area contributed by atoms with Gasteiger partial charge in [0.05, 0.1) is 18.9 Å². The summed E-state index contributed by atoms with van der Waals surface area (Å²) in [5, 5.41) is 0. The number of nitrogens with two attached hydrogens (primary N) is 1. The lowest BCUT2D eigenvalue weighted by Crippen LogP contribution is -2.36. The molecule has 0 bridgehead atoms. The highest BCUT2D eigenvalue weighted by Gasteiger charge is 2.34. The van der Waals surface area contributed by atoms with Gasteiger partial charge < -0.3 is 20.3 Å². The predicted molar refractivity (Wildman–Crippen MR) is 83.5 cm³/mol. The number of anilines is 2. The highest BCUT2D eigenvalue weighted by molar-refractivity contribution is 6.08. The first-order valence-corrected chi connectivity index (χ1v) is 7.44. The monoisotopic (exact) mass is 305 g/mol. The molecule has 1 atom stereocenters. The van der Waals surface area contributed by atoms with E-state index in [0.29, 0.717) is 56.3 Å². The summed E-state index contributed by atoms with van der Waals surface area (Å²) in [7, 11) is 0. The van der Waals surface area contributed by atoms with Gasteiger partial charge in [-0.25, -0.2) is 4.39 Å². The Morgan fingerprint density at radius 2 is 2.09 bits per heavy atom. The number of halogens is 1. The number of carbonyl (C=O) groups is 1. The summed E-state index contributed by atoms with van der Waals surface area (Å²) in [5.74, 6) is -0.558. The number of rotatable bonds is 3. The van der Waals surface area contributed by atoms with E-state index in [1.807, 2.05) is 4.90 Å². The van der Waals surface area contributed by atoms with Crippen molar-refractivity contribution in [2.45, 2.75) is 0 Å². The van der Waals surface area contributed by atoms with Gasteiger partial charge in [-0.2, -0.15) is 0 Å². The van der Waals surface area contributed by atoms with E-state index >= 15 is 0 Å². The fourth-order valence-electron chi connectivity index (χ4n) is 2.93. The minimum absolute atomic E-state index is 0.0607. The van der Waals surface area contributed by atoms with E-state index in [-0.39, 0.29) is 17.6 Å². The number of benzene rings is 1. The van der Waals surface area contributed by atoms with Crippen LogP contribution >= 0.6 is 0 Å². The molecule has 0 aromatic heterocycles. The molecule has 1 amide bonds. The summed E-state index contributed by atoms with van der Waals surface area (Å²) in [6, 6.07) is 4.91. The molecule has 0 spiro atoms. The molecule has 0 radical (unpaired) electrons. The molecule has 0 unspecified atom stereocenters. The second-order valence-electron chi connectivity index (χ2n) is 5.61. The van der Waals surface area contributed by atoms with Gasteiger partial charge in [0, 0.05) is 43.4 Å². The van der Waals surface area contributed by atoms with Gasteiger partial charge in [0.2, 0.25) is 0 Å². The maximum Gasteiger partial charge on any atom is 0.254 e. The molecule has 2 saturated heterocycles. The average Bonchev–Trinajstić information content (AvgIpc) is 2.83. The molecule has 118 valence electrons. The van der Waals surface area contributed by atoms with E-state index in [0.717, 1.165) is 0 Å². The number of amides is 1. The lowest BCUT2D eigenvalue weighted by Gasteiger charge is -2.29. The molecule has 2 fully saturated rings. The first-order valence-electron chi connectivity index (χ1n) is 7.44. The zero-order chi connectivity index (χ0) is 15.7. The van der Waals surface area contributed by atoms with Crippen LogP contribution in [0.25, 0.3) is 0 Å². The summed E-state index contributed by atoms with van der Waals surface area (Å²) in [6.07, 6.45) is 0. The van der Waals surface area contributed by atoms with Crippen LogP contribution in [0.3, 0.4) is 0 Å². The number of hydrogen-bond donors (Lipinski definition) is 1. The van der Waals surface area contributed by atoms with Gasteiger partial charge >= 0.3 is 0 Å². The third kappa shape index (κ3) is 2.60. The van der Waals surface area contributed by atoms with Gasteiger partial charge in [0.1, 0.15) is 5.82 Å². The normalized spacial score (nSPS) is 22.5. The Labute approximate surface area is 129 Å². The van der Waals surface area contributed by atoms with Gasteiger partial charge in [0.25, 0.3) is 5.91 Å². The number of morpholine rings is 1. The summed E-state index contributed by atoms with van der Waals surface area (Å²) < 4.78 is 19.7. The van der Waals surface area contributed by atoms with Crippen molar-refractivity contribution in [3.8, 4) is 0 Å². The molecular formula is C16H20FN3O2. The van der Waals surface area contributed by atoms with Crippen molar-refractivity contribution in [3.05, 3.63) is 36.2 Å². The number of carbonyl (C=O) groups excluding carboxylic acids is 1. The van der Waals surface area contributed by atoms with Gasteiger partial charge in [-0.15, -0.1) is 0 Å². The topological polar surface area (TPSA) is 58.8 Å². The van der Waals surface area contributed by atoms with E-state index in [9.17, 15) is 9.18 Å². The summed E-state index contributed by atoms with van der Waals surface area (Å²) in [4.78, 5) is 15.7.